The van der Waals surface area contributed by atoms with Crippen molar-refractivity contribution in [1.29, 1.82) is 0 Å². The summed E-state index contributed by atoms with van der Waals surface area (Å²) in [5.41, 5.74) is 0.0504. The van der Waals surface area contributed by atoms with Crippen LogP contribution in [0.3, 0.4) is 0 Å². The number of halogens is 1. The van der Waals surface area contributed by atoms with Crippen LogP contribution in [0.15, 0.2) is 18.2 Å². The quantitative estimate of drug-likeness (QED) is 0.705. The average molecular weight is 377 g/mol. The number of carbonyl (C=O) groups is 2. The molecule has 1 aromatic rings. The summed E-state index contributed by atoms with van der Waals surface area (Å²) >= 11 is 0. The van der Waals surface area contributed by atoms with Gasteiger partial charge >= 0.3 is 0 Å². The van der Waals surface area contributed by atoms with Crippen LogP contribution in [-0.2, 0) is 9.59 Å². The van der Waals surface area contributed by atoms with E-state index in [0.29, 0.717) is 43.7 Å². The second-order valence-corrected chi connectivity index (χ2v) is 8.58. The molecule has 2 aliphatic rings. The molecule has 0 saturated carbocycles. The molecule has 1 aromatic carbocycles. The number of amides is 2. The van der Waals surface area contributed by atoms with Crippen LogP contribution in [0.4, 0.5) is 15.8 Å². The molecule has 7 heteroatoms. The van der Waals surface area contributed by atoms with Gasteiger partial charge in [-0.25, -0.2) is 4.39 Å². The fraction of sp³-hybridized carbons (Fsp3) is 0.600. The highest BCUT2D eigenvalue weighted by atomic mass is 19.1. The Morgan fingerprint density at radius 1 is 1.26 bits per heavy atom. The van der Waals surface area contributed by atoms with E-state index in [1.807, 2.05) is 25.7 Å². The van der Waals surface area contributed by atoms with E-state index in [2.05, 4.69) is 10.6 Å². The third-order valence-corrected chi connectivity index (χ3v) is 5.86. The third-order valence-electron chi connectivity index (χ3n) is 5.86. The Morgan fingerprint density at radius 3 is 2.48 bits per heavy atom. The number of imide groups is 1. The molecule has 6 nitrogen and oxygen atoms in total. The van der Waals surface area contributed by atoms with Crippen LogP contribution in [0.2, 0.25) is 0 Å². The zero-order valence-electron chi connectivity index (χ0n) is 16.1. The molecule has 27 heavy (non-hydrogen) atoms. The van der Waals surface area contributed by atoms with Crippen molar-refractivity contribution in [3.8, 4) is 0 Å². The van der Waals surface area contributed by atoms with Gasteiger partial charge in [0, 0.05) is 25.2 Å². The van der Waals surface area contributed by atoms with Gasteiger partial charge in [-0.05, 0) is 42.9 Å². The lowest BCUT2D eigenvalue weighted by atomic mass is 9.71. The smallest absolute Gasteiger partial charge is 0.249 e. The predicted molar refractivity (Wildman–Crippen MR) is 102 cm³/mol. The molecule has 1 unspecified atom stereocenters. The maximum Gasteiger partial charge on any atom is 0.249 e. The van der Waals surface area contributed by atoms with E-state index in [9.17, 15) is 19.1 Å². The van der Waals surface area contributed by atoms with E-state index in [-0.39, 0.29) is 29.5 Å². The summed E-state index contributed by atoms with van der Waals surface area (Å²) in [6, 6.07) is 4.28. The minimum atomic E-state index is -0.743. The van der Waals surface area contributed by atoms with Crippen LogP contribution < -0.4 is 15.5 Å². The molecule has 0 bridgehead atoms. The maximum atomic E-state index is 14.7. The van der Waals surface area contributed by atoms with E-state index in [1.165, 1.54) is 6.07 Å². The zero-order valence-corrected chi connectivity index (χ0v) is 16.1. The summed E-state index contributed by atoms with van der Waals surface area (Å²) in [4.78, 5) is 25.0. The third kappa shape index (κ3) is 4.08. The highest BCUT2D eigenvalue weighted by molar-refractivity contribution is 6.01. The number of nitrogens with one attached hydrogen (secondary N) is 2. The lowest BCUT2D eigenvalue weighted by Crippen LogP contribution is -2.52. The van der Waals surface area contributed by atoms with Gasteiger partial charge in [-0.15, -0.1) is 0 Å². The summed E-state index contributed by atoms with van der Waals surface area (Å²) in [6.07, 6.45) is 1.85. The lowest BCUT2D eigenvalue weighted by Gasteiger charge is -2.46. The van der Waals surface area contributed by atoms with Gasteiger partial charge in [0.05, 0.1) is 11.3 Å². The lowest BCUT2D eigenvalue weighted by molar-refractivity contribution is -0.133. The van der Waals surface area contributed by atoms with Gasteiger partial charge in [0.25, 0.3) is 0 Å². The normalized spacial score (nSPS) is 23.1. The van der Waals surface area contributed by atoms with Crippen molar-refractivity contribution < 1.29 is 19.1 Å². The Bertz CT molecular complexity index is 736. The highest BCUT2D eigenvalue weighted by Gasteiger charge is 2.42. The predicted octanol–water partition coefficient (Wildman–Crippen LogP) is 2.42. The molecule has 2 saturated heterocycles. The zero-order chi connectivity index (χ0) is 19.8. The Kier molecular flexibility index (Phi) is 5.16. The van der Waals surface area contributed by atoms with Crippen LogP contribution in [0.5, 0.6) is 0 Å². The second-order valence-electron chi connectivity index (χ2n) is 8.58. The van der Waals surface area contributed by atoms with E-state index in [1.54, 1.807) is 12.1 Å². The van der Waals surface area contributed by atoms with Gasteiger partial charge < -0.3 is 15.3 Å². The summed E-state index contributed by atoms with van der Waals surface area (Å²) in [6.45, 7) is 7.26. The van der Waals surface area contributed by atoms with Crippen molar-refractivity contribution >= 4 is 23.2 Å². The van der Waals surface area contributed by atoms with Gasteiger partial charge in [0.1, 0.15) is 11.9 Å². The summed E-state index contributed by atoms with van der Waals surface area (Å²) < 4.78 is 14.7. The van der Waals surface area contributed by atoms with Crippen molar-refractivity contribution in [1.82, 2.24) is 5.32 Å². The van der Waals surface area contributed by atoms with Crippen LogP contribution in [0, 0.1) is 11.2 Å². The van der Waals surface area contributed by atoms with Crippen molar-refractivity contribution in [3.63, 3.8) is 0 Å². The number of carbonyl (C=O) groups excluding carboxylic acids is 2. The van der Waals surface area contributed by atoms with Crippen molar-refractivity contribution in [3.05, 3.63) is 24.0 Å². The molecule has 3 rings (SSSR count). The van der Waals surface area contributed by atoms with Crippen LogP contribution in [-0.4, -0.2) is 41.7 Å². The van der Waals surface area contributed by atoms with Crippen LogP contribution >= 0.6 is 0 Å². The van der Waals surface area contributed by atoms with Crippen molar-refractivity contribution in [2.24, 2.45) is 5.41 Å². The first kappa shape index (κ1) is 19.6. The number of benzene rings is 1. The molecule has 2 fully saturated rings. The minimum absolute atomic E-state index is 0.215. The van der Waals surface area contributed by atoms with E-state index >= 15 is 0 Å². The number of piperidine rings is 2. The Balaban J connectivity index is 1.66. The largest absolute Gasteiger partial charge is 0.389 e. The number of rotatable bonds is 3. The van der Waals surface area contributed by atoms with Gasteiger partial charge in [0.2, 0.25) is 11.8 Å². The molecule has 2 heterocycles. The fourth-order valence-electron chi connectivity index (χ4n) is 3.75. The number of anilines is 2. The van der Waals surface area contributed by atoms with Crippen LogP contribution in [0.1, 0.15) is 46.5 Å². The van der Waals surface area contributed by atoms with E-state index in [0.717, 1.165) is 0 Å². The Hall–Kier alpha value is -2.15. The first-order valence-electron chi connectivity index (χ1n) is 9.46. The highest BCUT2D eigenvalue weighted by Crippen LogP contribution is 2.40. The van der Waals surface area contributed by atoms with Crippen molar-refractivity contribution in [2.45, 2.75) is 58.1 Å². The minimum Gasteiger partial charge on any atom is -0.389 e. The second kappa shape index (κ2) is 7.11. The molecule has 2 aliphatic heterocycles. The van der Waals surface area contributed by atoms with E-state index < -0.39 is 11.6 Å². The molecule has 0 aromatic heterocycles. The molecule has 1 atom stereocenters. The fourth-order valence-corrected chi connectivity index (χ4v) is 3.75. The summed E-state index contributed by atoms with van der Waals surface area (Å²) in [5.74, 6) is -1.03. The number of hydrogen-bond donors (Lipinski definition) is 3. The molecular weight excluding hydrogens is 349 g/mol. The molecule has 148 valence electrons. The number of hydrogen-bond acceptors (Lipinski definition) is 5. The van der Waals surface area contributed by atoms with Gasteiger partial charge in [-0.2, -0.15) is 0 Å². The first-order chi connectivity index (χ1) is 12.6. The van der Waals surface area contributed by atoms with E-state index in [4.69, 9.17) is 0 Å². The van der Waals surface area contributed by atoms with Gasteiger partial charge in [-0.3, -0.25) is 14.9 Å². The molecule has 3 N–H and O–H groups in total. The molecular formula is C20H28FN3O3. The summed E-state index contributed by atoms with van der Waals surface area (Å²) in [5, 5.41) is 16.1. The molecule has 0 radical (unpaired) electrons. The average Bonchev–Trinajstić information content (AvgIpc) is 2.58. The van der Waals surface area contributed by atoms with Crippen LogP contribution in [0.25, 0.3) is 0 Å². The first-order valence-corrected chi connectivity index (χ1v) is 9.46. The monoisotopic (exact) mass is 377 g/mol. The SMILES string of the molecule is CC(C)(C)C1(O)CCN(c2ccc(NC3CCC(=O)NC3=O)cc2F)CC1. The molecule has 2 amide bonds. The number of nitrogens with zero attached hydrogens (tertiary/aromatic N) is 1. The van der Waals surface area contributed by atoms with Gasteiger partial charge in [-0.1, -0.05) is 20.8 Å². The maximum absolute atomic E-state index is 14.7. The topological polar surface area (TPSA) is 81.7 Å². The summed E-state index contributed by atoms with van der Waals surface area (Å²) in [7, 11) is 0. The van der Waals surface area contributed by atoms with Gasteiger partial charge in [0.15, 0.2) is 0 Å². The Labute approximate surface area is 159 Å². The Morgan fingerprint density at radius 2 is 1.93 bits per heavy atom. The number of aliphatic hydroxyl groups is 1. The standard InChI is InChI=1S/C20H28FN3O3/c1-19(2,3)20(27)8-10-24(11-9-20)16-6-4-13(12-14(16)21)22-15-5-7-17(25)23-18(15)26/h4,6,12,15,22,27H,5,7-11H2,1-3H3,(H,23,25,26). The molecule has 0 spiro atoms. The molecule has 0 aliphatic carbocycles. The van der Waals surface area contributed by atoms with Crippen molar-refractivity contribution in [2.75, 3.05) is 23.3 Å².